The summed E-state index contributed by atoms with van der Waals surface area (Å²) in [4.78, 5) is 19.2. The van der Waals surface area contributed by atoms with Crippen molar-refractivity contribution < 1.29 is 9.90 Å². The van der Waals surface area contributed by atoms with E-state index in [1.807, 2.05) is 0 Å². The molecule has 0 spiro atoms. The lowest BCUT2D eigenvalue weighted by Crippen LogP contribution is -2.30. The molecule has 0 bridgehead atoms. The van der Waals surface area contributed by atoms with E-state index in [1.165, 1.54) is 0 Å². The summed E-state index contributed by atoms with van der Waals surface area (Å²) in [6.07, 6.45) is 3.77. The Morgan fingerprint density at radius 3 is 2.60 bits per heavy atom. The van der Waals surface area contributed by atoms with Crippen molar-refractivity contribution in [1.82, 2.24) is 9.97 Å². The van der Waals surface area contributed by atoms with Crippen LogP contribution in [0.4, 0.5) is 0 Å². The van der Waals surface area contributed by atoms with Crippen LogP contribution in [0.15, 0.2) is 12.1 Å². The SMILES string of the molecule is O=C(O)C1(Cc2nc3cc(Cl)c(Cl)cc3[nH]2)CCCC1. The van der Waals surface area contributed by atoms with E-state index >= 15 is 0 Å². The second kappa shape index (κ2) is 4.93. The summed E-state index contributed by atoms with van der Waals surface area (Å²) in [7, 11) is 0. The van der Waals surface area contributed by atoms with E-state index in [9.17, 15) is 9.90 Å². The predicted octanol–water partition coefficient (Wildman–Crippen LogP) is 4.06. The number of fused-ring (bicyclic) bond motifs is 1. The maximum absolute atomic E-state index is 11.6. The molecule has 0 atom stereocenters. The zero-order chi connectivity index (χ0) is 14.3. The van der Waals surface area contributed by atoms with E-state index in [1.54, 1.807) is 12.1 Å². The molecule has 1 saturated carbocycles. The quantitative estimate of drug-likeness (QED) is 0.898. The first-order valence-corrected chi connectivity index (χ1v) is 7.33. The molecule has 3 rings (SSSR count). The average Bonchev–Trinajstić information content (AvgIpc) is 2.98. The van der Waals surface area contributed by atoms with Gasteiger partial charge in [-0.05, 0) is 25.0 Å². The molecule has 0 saturated heterocycles. The summed E-state index contributed by atoms with van der Waals surface area (Å²) >= 11 is 11.9. The van der Waals surface area contributed by atoms with Crippen molar-refractivity contribution in [3.63, 3.8) is 0 Å². The largest absolute Gasteiger partial charge is 0.481 e. The van der Waals surface area contributed by atoms with Crippen molar-refractivity contribution in [3.05, 3.63) is 28.0 Å². The van der Waals surface area contributed by atoms with Crippen molar-refractivity contribution in [3.8, 4) is 0 Å². The van der Waals surface area contributed by atoms with Gasteiger partial charge in [0.2, 0.25) is 0 Å². The number of aromatic nitrogens is 2. The Morgan fingerprint density at radius 2 is 1.95 bits per heavy atom. The van der Waals surface area contributed by atoms with Crippen molar-refractivity contribution >= 4 is 40.2 Å². The van der Waals surface area contributed by atoms with Gasteiger partial charge < -0.3 is 10.1 Å². The van der Waals surface area contributed by atoms with Crippen LogP contribution in [0, 0.1) is 5.41 Å². The first-order chi connectivity index (χ1) is 9.50. The van der Waals surface area contributed by atoms with E-state index in [4.69, 9.17) is 23.2 Å². The highest BCUT2D eigenvalue weighted by atomic mass is 35.5. The number of benzene rings is 1. The number of hydrogen-bond donors (Lipinski definition) is 2. The lowest BCUT2D eigenvalue weighted by Gasteiger charge is -2.22. The Balaban J connectivity index is 1.96. The number of carbonyl (C=O) groups is 1. The summed E-state index contributed by atoms with van der Waals surface area (Å²) in [5, 5.41) is 10.4. The number of halogens is 2. The van der Waals surface area contributed by atoms with Gasteiger partial charge in [0.1, 0.15) is 5.82 Å². The first-order valence-electron chi connectivity index (χ1n) is 6.57. The van der Waals surface area contributed by atoms with Crippen molar-refractivity contribution in [2.24, 2.45) is 5.41 Å². The molecule has 0 aliphatic heterocycles. The van der Waals surface area contributed by atoms with Gasteiger partial charge in [-0.25, -0.2) is 4.98 Å². The molecule has 1 aliphatic carbocycles. The van der Waals surface area contributed by atoms with Crippen LogP contribution < -0.4 is 0 Å². The van der Waals surface area contributed by atoms with Gasteiger partial charge in [-0.2, -0.15) is 0 Å². The third-order valence-corrected chi connectivity index (χ3v) is 4.82. The van der Waals surface area contributed by atoms with E-state index in [0.29, 0.717) is 40.6 Å². The predicted molar refractivity (Wildman–Crippen MR) is 78.4 cm³/mol. The highest BCUT2D eigenvalue weighted by Crippen LogP contribution is 2.41. The number of carboxylic acids is 1. The van der Waals surface area contributed by atoms with Crippen molar-refractivity contribution in [1.29, 1.82) is 0 Å². The van der Waals surface area contributed by atoms with Gasteiger partial charge in [-0.15, -0.1) is 0 Å². The van der Waals surface area contributed by atoms with Crippen LogP contribution in [0.1, 0.15) is 31.5 Å². The standard InChI is InChI=1S/C14H14Cl2N2O2/c15-8-5-10-11(6-9(8)16)18-12(17-10)7-14(13(19)20)3-1-2-4-14/h5-6H,1-4,7H2,(H,17,18)(H,19,20). The van der Waals surface area contributed by atoms with Gasteiger partial charge in [0.25, 0.3) is 0 Å². The Hall–Kier alpha value is -1.26. The van der Waals surface area contributed by atoms with Gasteiger partial charge in [0.05, 0.1) is 26.5 Å². The molecule has 106 valence electrons. The maximum Gasteiger partial charge on any atom is 0.310 e. The minimum atomic E-state index is -0.730. The number of carboxylic acid groups (broad SMARTS) is 1. The maximum atomic E-state index is 11.6. The van der Waals surface area contributed by atoms with E-state index in [-0.39, 0.29) is 0 Å². The molecule has 0 unspecified atom stereocenters. The fourth-order valence-electron chi connectivity index (χ4n) is 2.98. The van der Waals surface area contributed by atoms with Crippen molar-refractivity contribution in [2.75, 3.05) is 0 Å². The molecule has 2 aromatic rings. The second-order valence-electron chi connectivity index (χ2n) is 5.44. The third-order valence-electron chi connectivity index (χ3n) is 4.09. The summed E-state index contributed by atoms with van der Waals surface area (Å²) in [5.74, 6) is -0.0471. The number of nitrogens with one attached hydrogen (secondary N) is 1. The summed E-state index contributed by atoms with van der Waals surface area (Å²) < 4.78 is 0. The summed E-state index contributed by atoms with van der Waals surface area (Å²) in [5.41, 5.74) is 0.822. The smallest absolute Gasteiger partial charge is 0.310 e. The number of aliphatic carboxylic acids is 1. The molecular weight excluding hydrogens is 299 g/mol. The Bertz CT molecular complexity index is 636. The van der Waals surface area contributed by atoms with Gasteiger partial charge in [0, 0.05) is 6.42 Å². The minimum Gasteiger partial charge on any atom is -0.481 e. The average molecular weight is 313 g/mol. The number of hydrogen-bond acceptors (Lipinski definition) is 2. The molecule has 1 fully saturated rings. The van der Waals surface area contributed by atoms with Crippen LogP contribution in [-0.2, 0) is 11.2 Å². The molecule has 0 radical (unpaired) electrons. The highest BCUT2D eigenvalue weighted by Gasteiger charge is 2.42. The molecule has 1 aromatic heterocycles. The first kappa shape index (κ1) is 13.7. The molecule has 2 N–H and O–H groups in total. The molecule has 1 aliphatic rings. The van der Waals surface area contributed by atoms with Crippen LogP contribution in [0.2, 0.25) is 10.0 Å². The molecule has 1 aromatic carbocycles. The monoisotopic (exact) mass is 312 g/mol. The van der Waals surface area contributed by atoms with Crippen LogP contribution in [0.3, 0.4) is 0 Å². The Kier molecular flexibility index (Phi) is 3.38. The number of nitrogens with zero attached hydrogens (tertiary/aromatic N) is 1. The van der Waals surface area contributed by atoms with E-state index < -0.39 is 11.4 Å². The van der Waals surface area contributed by atoms with Crippen LogP contribution in [0.5, 0.6) is 0 Å². The van der Waals surface area contributed by atoms with Gasteiger partial charge >= 0.3 is 5.97 Å². The van der Waals surface area contributed by atoms with Crippen LogP contribution in [-0.4, -0.2) is 21.0 Å². The van der Waals surface area contributed by atoms with Gasteiger partial charge in [0.15, 0.2) is 0 Å². The highest BCUT2D eigenvalue weighted by molar-refractivity contribution is 6.42. The van der Waals surface area contributed by atoms with Crippen LogP contribution in [0.25, 0.3) is 11.0 Å². The van der Waals surface area contributed by atoms with Crippen molar-refractivity contribution in [2.45, 2.75) is 32.1 Å². The summed E-state index contributed by atoms with van der Waals surface area (Å²) in [6.45, 7) is 0. The zero-order valence-corrected chi connectivity index (χ0v) is 12.3. The Labute approximate surface area is 126 Å². The third kappa shape index (κ3) is 2.27. The molecule has 0 amide bonds. The molecule has 1 heterocycles. The molecule has 6 heteroatoms. The summed E-state index contributed by atoms with van der Waals surface area (Å²) in [6, 6.07) is 3.42. The normalized spacial score (nSPS) is 17.7. The topological polar surface area (TPSA) is 66.0 Å². The number of rotatable bonds is 3. The lowest BCUT2D eigenvalue weighted by molar-refractivity contribution is -0.148. The lowest BCUT2D eigenvalue weighted by atomic mass is 9.82. The number of H-pyrrole nitrogens is 1. The fraction of sp³-hybridized carbons (Fsp3) is 0.429. The fourth-order valence-corrected chi connectivity index (χ4v) is 3.30. The molecular formula is C14H14Cl2N2O2. The van der Waals surface area contributed by atoms with Gasteiger partial charge in [-0.1, -0.05) is 36.0 Å². The molecule has 20 heavy (non-hydrogen) atoms. The second-order valence-corrected chi connectivity index (χ2v) is 6.25. The van der Waals surface area contributed by atoms with Crippen LogP contribution >= 0.6 is 23.2 Å². The zero-order valence-electron chi connectivity index (χ0n) is 10.7. The number of imidazole rings is 1. The van der Waals surface area contributed by atoms with E-state index in [2.05, 4.69) is 9.97 Å². The Morgan fingerprint density at radius 1 is 1.30 bits per heavy atom. The minimum absolute atomic E-state index is 0.423. The molecule has 4 nitrogen and oxygen atoms in total. The number of aromatic amines is 1. The van der Waals surface area contributed by atoms with Gasteiger partial charge in [-0.3, -0.25) is 4.79 Å². The van der Waals surface area contributed by atoms with E-state index in [0.717, 1.165) is 18.4 Å².